The van der Waals surface area contributed by atoms with Gasteiger partial charge in [0.1, 0.15) is 0 Å². The van der Waals surface area contributed by atoms with Crippen LogP contribution in [-0.2, 0) is 4.74 Å². The zero-order valence-electron chi connectivity index (χ0n) is 11.8. The minimum atomic E-state index is 0.485. The highest BCUT2D eigenvalue weighted by molar-refractivity contribution is 4.79. The minimum Gasteiger partial charge on any atom is -0.377 e. The Morgan fingerprint density at radius 2 is 1.78 bits per heavy atom. The second-order valence-electron chi connectivity index (χ2n) is 5.92. The molecule has 0 aromatic heterocycles. The van der Waals surface area contributed by atoms with Gasteiger partial charge in [0.05, 0.1) is 6.10 Å². The zero-order valence-corrected chi connectivity index (χ0v) is 11.8. The fourth-order valence-corrected chi connectivity index (χ4v) is 3.38. The van der Waals surface area contributed by atoms with Gasteiger partial charge in [-0.2, -0.15) is 0 Å². The maximum absolute atomic E-state index is 5.91. The maximum Gasteiger partial charge on any atom is 0.0702 e. The quantitative estimate of drug-likeness (QED) is 0.791. The Morgan fingerprint density at radius 1 is 1.00 bits per heavy atom. The lowest BCUT2D eigenvalue weighted by molar-refractivity contribution is -0.0172. The van der Waals surface area contributed by atoms with Crippen LogP contribution in [0, 0.1) is 0 Å². The van der Waals surface area contributed by atoms with Gasteiger partial charge in [-0.05, 0) is 51.6 Å². The molecule has 1 saturated heterocycles. The van der Waals surface area contributed by atoms with E-state index in [1.807, 2.05) is 0 Å². The smallest absolute Gasteiger partial charge is 0.0702 e. The summed E-state index contributed by atoms with van der Waals surface area (Å²) in [7, 11) is 0. The van der Waals surface area contributed by atoms with Crippen molar-refractivity contribution >= 4 is 0 Å². The first-order chi connectivity index (χ1) is 8.90. The predicted octanol–water partition coefficient (Wildman–Crippen LogP) is 2.54. The SMILES string of the molecule is NCCCN(CC1CCCCO1)C1CCCCC1. The van der Waals surface area contributed by atoms with E-state index in [0.29, 0.717) is 6.10 Å². The van der Waals surface area contributed by atoms with Crippen LogP contribution in [-0.4, -0.2) is 43.3 Å². The standard InChI is InChI=1S/C15H30N2O/c16-10-6-11-17(14-7-2-1-3-8-14)13-15-9-4-5-12-18-15/h14-15H,1-13,16H2. The summed E-state index contributed by atoms with van der Waals surface area (Å²) in [4.78, 5) is 2.68. The van der Waals surface area contributed by atoms with Crippen molar-refractivity contribution in [2.24, 2.45) is 5.73 Å². The van der Waals surface area contributed by atoms with Gasteiger partial charge in [-0.1, -0.05) is 19.3 Å². The van der Waals surface area contributed by atoms with Crippen molar-refractivity contribution in [1.29, 1.82) is 0 Å². The number of nitrogens with two attached hydrogens (primary N) is 1. The summed E-state index contributed by atoms with van der Waals surface area (Å²) in [5.74, 6) is 0. The van der Waals surface area contributed by atoms with Crippen molar-refractivity contribution in [3.63, 3.8) is 0 Å². The Balaban J connectivity index is 1.82. The minimum absolute atomic E-state index is 0.485. The molecule has 0 bridgehead atoms. The first-order valence-corrected chi connectivity index (χ1v) is 7.96. The van der Waals surface area contributed by atoms with Crippen LogP contribution in [0.1, 0.15) is 57.8 Å². The van der Waals surface area contributed by atoms with E-state index in [-0.39, 0.29) is 0 Å². The number of hydrogen-bond donors (Lipinski definition) is 1. The molecule has 0 spiro atoms. The zero-order chi connectivity index (χ0) is 12.6. The second kappa shape index (κ2) is 8.13. The van der Waals surface area contributed by atoms with Crippen LogP contribution < -0.4 is 5.73 Å². The molecule has 106 valence electrons. The fourth-order valence-electron chi connectivity index (χ4n) is 3.38. The fraction of sp³-hybridized carbons (Fsp3) is 1.00. The monoisotopic (exact) mass is 254 g/mol. The Kier molecular flexibility index (Phi) is 6.46. The molecule has 18 heavy (non-hydrogen) atoms. The van der Waals surface area contributed by atoms with Crippen molar-refractivity contribution in [2.75, 3.05) is 26.2 Å². The first-order valence-electron chi connectivity index (χ1n) is 7.96. The highest BCUT2D eigenvalue weighted by Crippen LogP contribution is 2.24. The maximum atomic E-state index is 5.91. The summed E-state index contributed by atoms with van der Waals surface area (Å²) in [6.07, 6.45) is 12.5. The second-order valence-corrected chi connectivity index (χ2v) is 5.92. The van der Waals surface area contributed by atoms with E-state index in [9.17, 15) is 0 Å². The molecule has 1 aliphatic heterocycles. The molecule has 2 N–H and O–H groups in total. The molecule has 2 fully saturated rings. The van der Waals surface area contributed by atoms with Crippen molar-refractivity contribution in [3.8, 4) is 0 Å². The largest absolute Gasteiger partial charge is 0.377 e. The highest BCUT2D eigenvalue weighted by Gasteiger charge is 2.24. The highest BCUT2D eigenvalue weighted by atomic mass is 16.5. The van der Waals surface area contributed by atoms with Crippen molar-refractivity contribution < 1.29 is 4.74 Å². The topological polar surface area (TPSA) is 38.5 Å². The molecule has 0 amide bonds. The van der Waals surface area contributed by atoms with Crippen LogP contribution in [0.25, 0.3) is 0 Å². The van der Waals surface area contributed by atoms with Crippen LogP contribution >= 0.6 is 0 Å². The van der Waals surface area contributed by atoms with Gasteiger partial charge < -0.3 is 10.5 Å². The number of hydrogen-bond acceptors (Lipinski definition) is 3. The van der Waals surface area contributed by atoms with E-state index in [4.69, 9.17) is 10.5 Å². The van der Waals surface area contributed by atoms with Crippen molar-refractivity contribution in [1.82, 2.24) is 4.90 Å². The Hall–Kier alpha value is -0.120. The number of nitrogens with zero attached hydrogens (tertiary/aromatic N) is 1. The Bertz CT molecular complexity index is 211. The summed E-state index contributed by atoms with van der Waals surface area (Å²) in [6.45, 7) is 4.10. The lowest BCUT2D eigenvalue weighted by Crippen LogP contribution is -2.44. The van der Waals surface area contributed by atoms with Crippen molar-refractivity contribution in [3.05, 3.63) is 0 Å². The van der Waals surface area contributed by atoms with Gasteiger partial charge in [0.25, 0.3) is 0 Å². The third-order valence-corrected chi connectivity index (χ3v) is 4.45. The normalized spacial score (nSPS) is 26.7. The molecule has 0 aromatic rings. The number of rotatable bonds is 6. The molecule has 1 saturated carbocycles. The van der Waals surface area contributed by atoms with E-state index in [0.717, 1.165) is 32.2 Å². The van der Waals surface area contributed by atoms with Gasteiger partial charge >= 0.3 is 0 Å². The van der Waals surface area contributed by atoms with E-state index >= 15 is 0 Å². The molecular weight excluding hydrogens is 224 g/mol. The molecule has 1 heterocycles. The number of ether oxygens (including phenoxy) is 1. The van der Waals surface area contributed by atoms with E-state index < -0.39 is 0 Å². The van der Waals surface area contributed by atoms with Crippen LogP contribution in [0.2, 0.25) is 0 Å². The van der Waals surface area contributed by atoms with Crippen molar-refractivity contribution in [2.45, 2.75) is 69.9 Å². The molecule has 0 radical (unpaired) electrons. The van der Waals surface area contributed by atoms with Gasteiger partial charge in [0, 0.05) is 19.2 Å². The van der Waals surface area contributed by atoms with Gasteiger partial charge in [0.2, 0.25) is 0 Å². The summed E-state index contributed by atoms with van der Waals surface area (Å²) >= 11 is 0. The van der Waals surface area contributed by atoms with Gasteiger partial charge in [-0.3, -0.25) is 4.90 Å². The molecule has 2 aliphatic rings. The lowest BCUT2D eigenvalue weighted by Gasteiger charge is -2.37. The van der Waals surface area contributed by atoms with Crippen LogP contribution in [0.5, 0.6) is 0 Å². The average Bonchev–Trinajstić information content (AvgIpc) is 2.45. The average molecular weight is 254 g/mol. The van der Waals surface area contributed by atoms with Crippen LogP contribution in [0.3, 0.4) is 0 Å². The van der Waals surface area contributed by atoms with Crippen LogP contribution in [0.4, 0.5) is 0 Å². The predicted molar refractivity (Wildman–Crippen MR) is 75.7 cm³/mol. The third-order valence-electron chi connectivity index (χ3n) is 4.45. The summed E-state index contributed by atoms with van der Waals surface area (Å²) in [5.41, 5.74) is 5.68. The van der Waals surface area contributed by atoms with Gasteiger partial charge in [-0.15, -0.1) is 0 Å². The molecule has 1 unspecified atom stereocenters. The molecule has 1 atom stereocenters. The lowest BCUT2D eigenvalue weighted by atomic mass is 9.93. The van der Waals surface area contributed by atoms with E-state index in [1.165, 1.54) is 57.9 Å². The van der Waals surface area contributed by atoms with E-state index in [2.05, 4.69) is 4.90 Å². The Morgan fingerprint density at radius 3 is 2.44 bits per heavy atom. The summed E-state index contributed by atoms with van der Waals surface area (Å²) in [6, 6.07) is 0.802. The molecule has 2 rings (SSSR count). The Labute approximate surface area is 112 Å². The molecule has 3 heteroatoms. The summed E-state index contributed by atoms with van der Waals surface area (Å²) < 4.78 is 5.91. The molecular formula is C15H30N2O. The third kappa shape index (κ3) is 4.52. The molecule has 0 aromatic carbocycles. The van der Waals surface area contributed by atoms with E-state index in [1.54, 1.807) is 0 Å². The van der Waals surface area contributed by atoms with Gasteiger partial charge in [-0.25, -0.2) is 0 Å². The van der Waals surface area contributed by atoms with Crippen LogP contribution in [0.15, 0.2) is 0 Å². The molecule has 3 nitrogen and oxygen atoms in total. The van der Waals surface area contributed by atoms with Gasteiger partial charge in [0.15, 0.2) is 0 Å². The molecule has 1 aliphatic carbocycles. The summed E-state index contributed by atoms with van der Waals surface area (Å²) in [5, 5.41) is 0. The first kappa shape index (κ1) is 14.3.